The van der Waals surface area contributed by atoms with Gasteiger partial charge in [-0.25, -0.2) is 14.8 Å². The topological polar surface area (TPSA) is 130 Å². The number of aromatic nitrogens is 2. The number of carbonyl (C=O) groups is 2. The number of methoxy groups -OCH3 is 1. The number of carbonyl (C=O) groups excluding carboxylic acids is 2. The Morgan fingerprint density at radius 2 is 1.76 bits per heavy atom. The van der Waals surface area contributed by atoms with E-state index in [9.17, 15) is 9.59 Å². The van der Waals surface area contributed by atoms with Crippen LogP contribution >= 0.6 is 0 Å². The predicted molar refractivity (Wildman–Crippen MR) is 161 cm³/mol. The SMILES string of the molecule is COc1nccc(Nc2cnc3c(c2C)NCCO3)c1C(=O)Nc1ccc(N2CCN(C(=O)OC(C)(C)C)CC2)cc1. The molecule has 1 fully saturated rings. The van der Waals surface area contributed by atoms with Gasteiger partial charge < -0.3 is 40.0 Å². The van der Waals surface area contributed by atoms with Crippen LogP contribution in [0.15, 0.2) is 42.7 Å². The highest BCUT2D eigenvalue weighted by molar-refractivity contribution is 6.10. The summed E-state index contributed by atoms with van der Waals surface area (Å²) < 4.78 is 16.6. The molecule has 3 aromatic rings. The Morgan fingerprint density at radius 1 is 1.02 bits per heavy atom. The number of anilines is 5. The lowest BCUT2D eigenvalue weighted by molar-refractivity contribution is 0.0240. The molecule has 12 heteroatoms. The first kappa shape index (κ1) is 28.8. The van der Waals surface area contributed by atoms with Crippen LogP contribution in [-0.2, 0) is 4.74 Å². The van der Waals surface area contributed by atoms with E-state index in [4.69, 9.17) is 14.2 Å². The molecule has 0 radical (unpaired) electrons. The lowest BCUT2D eigenvalue weighted by Crippen LogP contribution is -2.50. The number of amides is 2. The minimum Gasteiger partial charge on any atom is -0.480 e. The Balaban J connectivity index is 1.26. The van der Waals surface area contributed by atoms with E-state index in [1.54, 1.807) is 23.4 Å². The predicted octanol–water partition coefficient (Wildman–Crippen LogP) is 4.65. The van der Waals surface area contributed by atoms with Crippen molar-refractivity contribution in [2.24, 2.45) is 0 Å². The Hall–Kier alpha value is -4.74. The molecular formula is C30H37N7O5. The van der Waals surface area contributed by atoms with Crippen LogP contribution in [0.3, 0.4) is 0 Å². The second-order valence-electron chi connectivity index (χ2n) is 11.1. The normalized spacial score (nSPS) is 14.7. The van der Waals surface area contributed by atoms with E-state index in [0.717, 1.165) is 22.6 Å². The summed E-state index contributed by atoms with van der Waals surface area (Å²) in [5.41, 5.74) is 4.38. The summed E-state index contributed by atoms with van der Waals surface area (Å²) in [7, 11) is 1.48. The summed E-state index contributed by atoms with van der Waals surface area (Å²) in [4.78, 5) is 38.5. The summed E-state index contributed by atoms with van der Waals surface area (Å²) in [5, 5.41) is 9.61. The lowest BCUT2D eigenvalue weighted by atomic mass is 10.1. The molecule has 4 heterocycles. The lowest BCUT2D eigenvalue weighted by Gasteiger charge is -2.36. The molecule has 12 nitrogen and oxygen atoms in total. The van der Waals surface area contributed by atoms with Crippen LogP contribution in [0.4, 0.5) is 33.2 Å². The third kappa shape index (κ3) is 6.42. The van der Waals surface area contributed by atoms with Gasteiger partial charge in [-0.3, -0.25) is 4.79 Å². The summed E-state index contributed by atoms with van der Waals surface area (Å²) in [6.45, 7) is 11.3. The summed E-state index contributed by atoms with van der Waals surface area (Å²) in [6.07, 6.45) is 2.98. The second-order valence-corrected chi connectivity index (χ2v) is 11.1. The Morgan fingerprint density at radius 3 is 2.45 bits per heavy atom. The van der Waals surface area contributed by atoms with Crippen molar-refractivity contribution < 1.29 is 23.8 Å². The maximum atomic E-state index is 13.5. The minimum absolute atomic E-state index is 0.196. The molecule has 1 saturated heterocycles. The average Bonchev–Trinajstić information content (AvgIpc) is 2.98. The number of hydrogen-bond acceptors (Lipinski definition) is 10. The largest absolute Gasteiger partial charge is 0.480 e. The quantitative estimate of drug-likeness (QED) is 0.382. The van der Waals surface area contributed by atoms with E-state index < -0.39 is 5.60 Å². The first-order chi connectivity index (χ1) is 20.1. The van der Waals surface area contributed by atoms with Crippen molar-refractivity contribution in [2.45, 2.75) is 33.3 Å². The van der Waals surface area contributed by atoms with Crippen molar-refractivity contribution in [3.63, 3.8) is 0 Å². The fourth-order valence-electron chi connectivity index (χ4n) is 4.84. The summed E-state index contributed by atoms with van der Waals surface area (Å²) in [5.74, 6) is 0.385. The molecule has 2 amide bonds. The van der Waals surface area contributed by atoms with Gasteiger partial charge in [-0.2, -0.15) is 0 Å². The van der Waals surface area contributed by atoms with Gasteiger partial charge in [-0.1, -0.05) is 0 Å². The number of fused-ring (bicyclic) bond motifs is 1. The fourth-order valence-corrected chi connectivity index (χ4v) is 4.84. The number of hydrogen-bond donors (Lipinski definition) is 3. The molecule has 2 aliphatic rings. The van der Waals surface area contributed by atoms with E-state index in [-0.39, 0.29) is 23.4 Å². The highest BCUT2D eigenvalue weighted by Gasteiger charge is 2.26. The van der Waals surface area contributed by atoms with Crippen LogP contribution in [0.5, 0.6) is 11.8 Å². The van der Waals surface area contributed by atoms with Gasteiger partial charge in [0.05, 0.1) is 24.7 Å². The van der Waals surface area contributed by atoms with Crippen molar-refractivity contribution in [3.05, 3.63) is 53.9 Å². The van der Waals surface area contributed by atoms with Gasteiger partial charge in [0.15, 0.2) is 0 Å². The standard InChI is InChI=1S/C30H37N7O5/c1-19-23(18-33-28-25(19)31-12-17-41-28)35-22-10-11-32-27(40-5)24(22)26(38)34-20-6-8-21(9-7-20)36-13-15-37(16-14-36)29(39)42-30(2,3)4/h6-11,18,31H,12-17H2,1-5H3,(H,32,35)(H,34,38). The first-order valence-corrected chi connectivity index (χ1v) is 13.9. The number of benzene rings is 1. The van der Waals surface area contributed by atoms with Crippen molar-refractivity contribution >= 4 is 40.4 Å². The molecule has 0 bridgehead atoms. The molecule has 0 spiro atoms. The van der Waals surface area contributed by atoms with Crippen molar-refractivity contribution in [2.75, 3.05) is 67.3 Å². The smallest absolute Gasteiger partial charge is 0.410 e. The van der Waals surface area contributed by atoms with Gasteiger partial charge >= 0.3 is 6.09 Å². The number of ether oxygens (including phenoxy) is 3. The molecule has 0 aliphatic carbocycles. The number of rotatable bonds is 6. The third-order valence-electron chi connectivity index (χ3n) is 6.97. The first-order valence-electron chi connectivity index (χ1n) is 13.9. The van der Waals surface area contributed by atoms with Gasteiger partial charge in [0.25, 0.3) is 5.91 Å². The highest BCUT2D eigenvalue weighted by Crippen LogP contribution is 2.36. The summed E-state index contributed by atoms with van der Waals surface area (Å²) in [6, 6.07) is 9.34. The van der Waals surface area contributed by atoms with Crippen LogP contribution in [0.2, 0.25) is 0 Å². The number of pyridine rings is 2. The van der Waals surface area contributed by atoms with Crippen LogP contribution in [0, 0.1) is 6.92 Å². The molecule has 5 rings (SSSR count). The number of piperazine rings is 1. The maximum absolute atomic E-state index is 13.5. The molecule has 1 aromatic carbocycles. The van der Waals surface area contributed by atoms with E-state index in [1.165, 1.54) is 7.11 Å². The Labute approximate surface area is 245 Å². The van der Waals surface area contributed by atoms with Gasteiger partial charge in [0.2, 0.25) is 11.8 Å². The molecule has 0 saturated carbocycles. The second kappa shape index (κ2) is 12.0. The summed E-state index contributed by atoms with van der Waals surface area (Å²) >= 11 is 0. The molecule has 3 N–H and O–H groups in total. The van der Waals surface area contributed by atoms with E-state index in [0.29, 0.717) is 56.6 Å². The van der Waals surface area contributed by atoms with Crippen molar-refractivity contribution in [1.82, 2.24) is 14.9 Å². The van der Waals surface area contributed by atoms with Gasteiger partial charge in [0, 0.05) is 55.9 Å². The Bertz CT molecular complexity index is 1450. The molecule has 42 heavy (non-hydrogen) atoms. The fraction of sp³-hybridized carbons (Fsp3) is 0.400. The van der Waals surface area contributed by atoms with Crippen molar-refractivity contribution in [3.8, 4) is 11.8 Å². The van der Waals surface area contributed by atoms with Gasteiger partial charge in [0.1, 0.15) is 23.5 Å². The van der Waals surface area contributed by atoms with Crippen molar-refractivity contribution in [1.29, 1.82) is 0 Å². The number of nitrogens with zero attached hydrogens (tertiary/aromatic N) is 4. The molecule has 2 aromatic heterocycles. The number of nitrogens with one attached hydrogen (secondary N) is 3. The van der Waals surface area contributed by atoms with Gasteiger partial charge in [-0.15, -0.1) is 0 Å². The minimum atomic E-state index is -0.519. The molecule has 0 unspecified atom stereocenters. The average molecular weight is 576 g/mol. The van der Waals surface area contributed by atoms with E-state index in [2.05, 4.69) is 30.8 Å². The molecule has 0 atom stereocenters. The van der Waals surface area contributed by atoms with Crippen LogP contribution in [0.1, 0.15) is 36.7 Å². The zero-order valence-electron chi connectivity index (χ0n) is 24.6. The molecule has 2 aliphatic heterocycles. The van der Waals surface area contributed by atoms with E-state index >= 15 is 0 Å². The van der Waals surface area contributed by atoms with Crippen LogP contribution < -0.4 is 30.3 Å². The highest BCUT2D eigenvalue weighted by atomic mass is 16.6. The maximum Gasteiger partial charge on any atom is 0.410 e. The zero-order valence-corrected chi connectivity index (χ0v) is 24.6. The van der Waals surface area contributed by atoms with Crippen LogP contribution in [-0.4, -0.2) is 78.9 Å². The molecule has 222 valence electrons. The molecular weight excluding hydrogens is 538 g/mol. The zero-order chi connectivity index (χ0) is 29.9. The van der Waals surface area contributed by atoms with Gasteiger partial charge in [-0.05, 0) is 58.0 Å². The van der Waals surface area contributed by atoms with E-state index in [1.807, 2.05) is 52.0 Å². The Kier molecular flexibility index (Phi) is 8.23. The third-order valence-corrected chi connectivity index (χ3v) is 6.97. The monoisotopic (exact) mass is 575 g/mol. The van der Waals surface area contributed by atoms with Crippen LogP contribution in [0.25, 0.3) is 0 Å².